The van der Waals surface area contributed by atoms with Crippen molar-refractivity contribution in [2.24, 2.45) is 11.7 Å². The van der Waals surface area contributed by atoms with Crippen LogP contribution in [-0.4, -0.2) is 25.9 Å². The van der Waals surface area contributed by atoms with Gasteiger partial charge in [0.15, 0.2) is 11.0 Å². The second kappa shape index (κ2) is 9.25. The number of thioether (sulfide) groups is 1. The maximum atomic E-state index is 11.4. The summed E-state index contributed by atoms with van der Waals surface area (Å²) in [4.78, 5) is 11.4. The van der Waals surface area contributed by atoms with Gasteiger partial charge in [-0.05, 0) is 43.5 Å². The molecule has 1 aromatic heterocycles. The van der Waals surface area contributed by atoms with E-state index in [1.54, 1.807) is 6.92 Å². The van der Waals surface area contributed by atoms with Crippen molar-refractivity contribution in [2.45, 2.75) is 57.0 Å². The Hall–Kier alpha value is -1.53. The summed E-state index contributed by atoms with van der Waals surface area (Å²) >= 11 is 7.34. The van der Waals surface area contributed by atoms with E-state index in [1.165, 1.54) is 24.6 Å². The van der Waals surface area contributed by atoms with E-state index in [1.807, 2.05) is 24.3 Å². The molecule has 0 saturated heterocycles. The Labute approximate surface area is 158 Å². The van der Waals surface area contributed by atoms with Crippen LogP contribution in [0.15, 0.2) is 29.4 Å². The summed E-state index contributed by atoms with van der Waals surface area (Å²) in [5, 5.41) is 9.72. The fourth-order valence-corrected chi connectivity index (χ4v) is 3.46. The van der Waals surface area contributed by atoms with Gasteiger partial charge in [-0.15, -0.1) is 10.2 Å². The normalized spacial score (nSPS) is 13.6. The molecule has 5 nitrogen and oxygen atoms in total. The largest absolute Gasteiger partial charge is 0.369 e. The highest BCUT2D eigenvalue weighted by Gasteiger charge is 2.20. The number of hydrogen-bond acceptors (Lipinski definition) is 4. The molecule has 0 saturated carbocycles. The molecular formula is C18H25ClN4OS. The summed E-state index contributed by atoms with van der Waals surface area (Å²) < 4.78 is 2.09. The highest BCUT2D eigenvalue weighted by molar-refractivity contribution is 8.00. The van der Waals surface area contributed by atoms with E-state index in [0.717, 1.165) is 29.5 Å². The van der Waals surface area contributed by atoms with Gasteiger partial charge in [0.2, 0.25) is 5.91 Å². The number of benzene rings is 1. The van der Waals surface area contributed by atoms with Crippen LogP contribution in [0.2, 0.25) is 5.02 Å². The standard InChI is InChI=1S/C18H25ClN4OS/c1-4-5-6-12(2)11-23-17(14-7-9-15(19)10-8-14)21-22-18(23)25-13(3)16(20)24/h7-10,12-13H,4-6,11H2,1-3H3,(H2,20,24)/t12-,13+/m1/s1. The van der Waals surface area contributed by atoms with Gasteiger partial charge in [-0.3, -0.25) is 4.79 Å². The molecule has 1 heterocycles. The van der Waals surface area contributed by atoms with E-state index in [-0.39, 0.29) is 11.2 Å². The minimum atomic E-state index is -0.355. The van der Waals surface area contributed by atoms with Gasteiger partial charge in [-0.2, -0.15) is 0 Å². The van der Waals surface area contributed by atoms with Crippen LogP contribution in [0.1, 0.15) is 40.0 Å². The fourth-order valence-electron chi connectivity index (χ4n) is 2.52. The second-order valence-corrected chi connectivity index (χ2v) is 8.08. The summed E-state index contributed by atoms with van der Waals surface area (Å²) in [5.41, 5.74) is 6.36. The highest BCUT2D eigenvalue weighted by Crippen LogP contribution is 2.29. The third-order valence-corrected chi connectivity index (χ3v) is 5.40. The molecule has 0 spiro atoms. The number of halogens is 1. The summed E-state index contributed by atoms with van der Waals surface area (Å²) in [6.45, 7) is 7.01. The van der Waals surface area contributed by atoms with Gasteiger partial charge in [-0.25, -0.2) is 0 Å². The predicted octanol–water partition coefficient (Wildman–Crippen LogP) is 4.39. The van der Waals surface area contributed by atoms with Crippen molar-refractivity contribution in [3.05, 3.63) is 29.3 Å². The Kier molecular flexibility index (Phi) is 7.32. The van der Waals surface area contributed by atoms with Crippen LogP contribution in [0.25, 0.3) is 11.4 Å². The first kappa shape index (κ1) is 19.8. The second-order valence-electron chi connectivity index (χ2n) is 6.33. The number of nitrogens with two attached hydrogens (primary N) is 1. The van der Waals surface area contributed by atoms with Crippen LogP contribution in [0.5, 0.6) is 0 Å². The lowest BCUT2D eigenvalue weighted by molar-refractivity contribution is -0.117. The molecule has 7 heteroatoms. The topological polar surface area (TPSA) is 73.8 Å². The van der Waals surface area contributed by atoms with E-state index in [2.05, 4.69) is 28.6 Å². The van der Waals surface area contributed by atoms with Crippen molar-refractivity contribution in [3.8, 4) is 11.4 Å². The molecule has 0 radical (unpaired) electrons. The average Bonchev–Trinajstić information content (AvgIpc) is 2.96. The number of rotatable bonds is 9. The molecule has 0 aliphatic rings. The molecule has 0 aliphatic heterocycles. The number of primary amides is 1. The Balaban J connectivity index is 2.33. The molecule has 0 bridgehead atoms. The van der Waals surface area contributed by atoms with Crippen LogP contribution in [0.4, 0.5) is 0 Å². The van der Waals surface area contributed by atoms with Gasteiger partial charge in [0, 0.05) is 17.1 Å². The molecule has 136 valence electrons. The molecule has 2 aromatic rings. The van der Waals surface area contributed by atoms with E-state index >= 15 is 0 Å². The maximum absolute atomic E-state index is 11.4. The average molecular weight is 381 g/mol. The summed E-state index contributed by atoms with van der Waals surface area (Å²) in [7, 11) is 0. The lowest BCUT2D eigenvalue weighted by atomic mass is 10.0. The smallest absolute Gasteiger partial charge is 0.230 e. The van der Waals surface area contributed by atoms with Gasteiger partial charge in [0.25, 0.3) is 0 Å². The number of carbonyl (C=O) groups is 1. The van der Waals surface area contributed by atoms with Gasteiger partial charge in [0.05, 0.1) is 5.25 Å². The highest BCUT2D eigenvalue weighted by atomic mass is 35.5. The van der Waals surface area contributed by atoms with Crippen molar-refractivity contribution in [1.29, 1.82) is 0 Å². The van der Waals surface area contributed by atoms with E-state index in [9.17, 15) is 4.79 Å². The van der Waals surface area contributed by atoms with Crippen LogP contribution in [-0.2, 0) is 11.3 Å². The van der Waals surface area contributed by atoms with Gasteiger partial charge in [-0.1, -0.05) is 50.1 Å². The quantitative estimate of drug-likeness (QED) is 0.654. The van der Waals surface area contributed by atoms with Crippen LogP contribution in [0.3, 0.4) is 0 Å². The van der Waals surface area contributed by atoms with Crippen molar-refractivity contribution < 1.29 is 4.79 Å². The Morgan fingerprint density at radius 3 is 2.56 bits per heavy atom. The minimum Gasteiger partial charge on any atom is -0.369 e. The summed E-state index contributed by atoms with van der Waals surface area (Å²) in [6.07, 6.45) is 3.51. The van der Waals surface area contributed by atoms with Crippen molar-refractivity contribution in [2.75, 3.05) is 0 Å². The van der Waals surface area contributed by atoms with E-state index in [4.69, 9.17) is 17.3 Å². The summed E-state index contributed by atoms with van der Waals surface area (Å²) in [6, 6.07) is 7.56. The van der Waals surface area contributed by atoms with Crippen molar-refractivity contribution >= 4 is 29.3 Å². The number of aromatic nitrogens is 3. The number of nitrogens with zero attached hydrogens (tertiary/aromatic N) is 3. The van der Waals surface area contributed by atoms with E-state index < -0.39 is 0 Å². The van der Waals surface area contributed by atoms with Gasteiger partial charge >= 0.3 is 0 Å². The third kappa shape index (κ3) is 5.47. The molecular weight excluding hydrogens is 356 g/mol. The van der Waals surface area contributed by atoms with Crippen LogP contribution in [0, 0.1) is 5.92 Å². The molecule has 2 N–H and O–H groups in total. The minimum absolute atomic E-state index is 0.355. The first-order valence-corrected chi connectivity index (χ1v) is 9.83. The zero-order valence-electron chi connectivity index (χ0n) is 14.9. The first-order valence-electron chi connectivity index (χ1n) is 8.57. The predicted molar refractivity (Wildman–Crippen MR) is 104 cm³/mol. The molecule has 25 heavy (non-hydrogen) atoms. The number of amides is 1. The molecule has 1 amide bonds. The lowest BCUT2D eigenvalue weighted by Crippen LogP contribution is -2.23. The fraction of sp³-hybridized carbons (Fsp3) is 0.500. The first-order chi connectivity index (χ1) is 11.9. The van der Waals surface area contributed by atoms with Crippen LogP contribution >= 0.6 is 23.4 Å². The molecule has 0 unspecified atom stereocenters. The van der Waals surface area contributed by atoms with E-state index in [0.29, 0.717) is 10.9 Å². The Morgan fingerprint density at radius 2 is 1.96 bits per heavy atom. The molecule has 0 fully saturated rings. The zero-order chi connectivity index (χ0) is 18.4. The SMILES string of the molecule is CCCC[C@@H](C)Cn1c(S[C@@H](C)C(N)=O)nnc1-c1ccc(Cl)cc1. The van der Waals surface area contributed by atoms with Gasteiger partial charge < -0.3 is 10.3 Å². The maximum Gasteiger partial charge on any atom is 0.230 e. The number of hydrogen-bond donors (Lipinski definition) is 1. The lowest BCUT2D eigenvalue weighted by Gasteiger charge is -2.16. The van der Waals surface area contributed by atoms with Crippen molar-refractivity contribution in [1.82, 2.24) is 14.8 Å². The van der Waals surface area contributed by atoms with Crippen molar-refractivity contribution in [3.63, 3.8) is 0 Å². The van der Waals surface area contributed by atoms with Crippen LogP contribution < -0.4 is 5.73 Å². The summed E-state index contributed by atoms with van der Waals surface area (Å²) in [5.74, 6) is 0.927. The number of unbranched alkanes of at least 4 members (excludes halogenated alkanes) is 1. The monoisotopic (exact) mass is 380 g/mol. The molecule has 0 aliphatic carbocycles. The molecule has 2 rings (SSSR count). The van der Waals surface area contributed by atoms with Gasteiger partial charge in [0.1, 0.15) is 0 Å². The third-order valence-electron chi connectivity index (χ3n) is 4.05. The zero-order valence-corrected chi connectivity index (χ0v) is 16.5. The molecule has 2 atom stereocenters. The number of carbonyl (C=O) groups excluding carboxylic acids is 1. The molecule has 1 aromatic carbocycles. The Morgan fingerprint density at radius 1 is 1.28 bits per heavy atom. The Bertz CT molecular complexity index is 702.